The van der Waals surface area contributed by atoms with E-state index >= 15 is 0 Å². The van der Waals surface area contributed by atoms with Crippen LogP contribution in [0.2, 0.25) is 0 Å². The first-order valence-electron chi connectivity index (χ1n) is 6.50. The highest BCUT2D eigenvalue weighted by Gasteiger charge is 2.17. The van der Waals surface area contributed by atoms with E-state index in [0.717, 1.165) is 16.6 Å². The van der Waals surface area contributed by atoms with Crippen LogP contribution in [0.1, 0.15) is 32.4 Å². The van der Waals surface area contributed by atoms with Crippen molar-refractivity contribution in [3.05, 3.63) is 30.1 Å². The lowest BCUT2D eigenvalue weighted by Gasteiger charge is -2.20. The predicted molar refractivity (Wildman–Crippen MR) is 77.3 cm³/mol. The van der Waals surface area contributed by atoms with E-state index in [1.165, 1.54) is 0 Å². The number of ether oxygens (including phenoxy) is 1. The summed E-state index contributed by atoms with van der Waals surface area (Å²) in [5.74, 6) is 0. The Hall–Kier alpha value is -2.08. The van der Waals surface area contributed by atoms with Gasteiger partial charge in [0.25, 0.3) is 0 Å². The van der Waals surface area contributed by atoms with Crippen molar-refractivity contribution in [3.8, 4) is 0 Å². The number of aromatic amines is 1. The van der Waals surface area contributed by atoms with Gasteiger partial charge in [-0.05, 0) is 38.5 Å². The summed E-state index contributed by atoms with van der Waals surface area (Å²) >= 11 is 0. The van der Waals surface area contributed by atoms with Crippen LogP contribution in [0.3, 0.4) is 0 Å². The van der Waals surface area contributed by atoms with Crippen LogP contribution in [0.4, 0.5) is 4.79 Å². The fraction of sp³-hybridized carbons (Fsp3) is 0.429. The molecule has 2 rings (SSSR count). The molecule has 1 aromatic heterocycles. The van der Waals surface area contributed by atoms with Gasteiger partial charge in [0.15, 0.2) is 0 Å². The monoisotopic (exact) mass is 276 g/mol. The summed E-state index contributed by atoms with van der Waals surface area (Å²) in [7, 11) is 0. The van der Waals surface area contributed by atoms with Crippen molar-refractivity contribution in [2.24, 2.45) is 5.73 Å². The number of amides is 1. The van der Waals surface area contributed by atoms with Crippen LogP contribution in [0, 0.1) is 0 Å². The maximum atomic E-state index is 11.6. The van der Waals surface area contributed by atoms with E-state index < -0.39 is 11.7 Å². The average molecular weight is 276 g/mol. The van der Waals surface area contributed by atoms with Crippen LogP contribution in [0.25, 0.3) is 11.0 Å². The molecule has 4 N–H and O–H groups in total. The lowest BCUT2D eigenvalue weighted by molar-refractivity contribution is 0.0524. The number of benzene rings is 1. The number of carbonyl (C=O) groups excluding carboxylic acids is 1. The zero-order valence-electron chi connectivity index (χ0n) is 11.9. The normalized spacial score (nSPS) is 13.2. The van der Waals surface area contributed by atoms with Crippen molar-refractivity contribution >= 4 is 17.1 Å². The van der Waals surface area contributed by atoms with Crippen molar-refractivity contribution in [1.82, 2.24) is 15.3 Å². The second-order valence-electron chi connectivity index (χ2n) is 5.67. The third-order valence-electron chi connectivity index (χ3n) is 2.74. The number of fused-ring (bicyclic) bond motifs is 1. The zero-order chi connectivity index (χ0) is 14.8. The van der Waals surface area contributed by atoms with Gasteiger partial charge in [-0.15, -0.1) is 0 Å². The number of hydrogen-bond donors (Lipinski definition) is 3. The number of nitrogens with one attached hydrogen (secondary N) is 2. The summed E-state index contributed by atoms with van der Waals surface area (Å²) in [6.07, 6.45) is 1.18. The lowest BCUT2D eigenvalue weighted by atomic mass is 10.1. The third kappa shape index (κ3) is 3.71. The number of nitrogens with two attached hydrogens (primary N) is 1. The molecule has 0 saturated carbocycles. The zero-order valence-corrected chi connectivity index (χ0v) is 11.9. The van der Waals surface area contributed by atoms with Gasteiger partial charge in [0.2, 0.25) is 0 Å². The molecule has 108 valence electrons. The maximum Gasteiger partial charge on any atom is 0.407 e. The van der Waals surface area contributed by atoms with Crippen molar-refractivity contribution in [2.45, 2.75) is 32.4 Å². The molecule has 2 aromatic rings. The summed E-state index contributed by atoms with van der Waals surface area (Å²) < 4.78 is 5.16. The molecular formula is C14H20N4O2. The second-order valence-corrected chi connectivity index (χ2v) is 5.67. The van der Waals surface area contributed by atoms with Gasteiger partial charge in [-0.1, -0.05) is 6.07 Å². The number of H-pyrrole nitrogens is 1. The number of aromatic nitrogens is 2. The molecular weight excluding hydrogens is 256 g/mol. The summed E-state index contributed by atoms with van der Waals surface area (Å²) in [6, 6.07) is 5.44. The molecule has 1 aromatic carbocycles. The minimum atomic E-state index is -0.511. The molecule has 0 spiro atoms. The Morgan fingerprint density at radius 1 is 1.50 bits per heavy atom. The van der Waals surface area contributed by atoms with Crippen LogP contribution in [0.5, 0.6) is 0 Å². The third-order valence-corrected chi connectivity index (χ3v) is 2.74. The minimum absolute atomic E-state index is 0.296. The van der Waals surface area contributed by atoms with Crippen LogP contribution in [-0.4, -0.2) is 28.2 Å². The first-order valence-corrected chi connectivity index (χ1v) is 6.50. The fourth-order valence-electron chi connectivity index (χ4n) is 1.81. The van der Waals surface area contributed by atoms with E-state index in [0.29, 0.717) is 6.54 Å². The Morgan fingerprint density at radius 3 is 2.95 bits per heavy atom. The standard InChI is InChI=1S/C14H20N4O2/c1-14(2,3)20-13(19)16-7-10(15)9-4-5-11-12(6-9)18-8-17-11/h4-6,8,10H,7,15H2,1-3H3,(H,16,19)(H,17,18). The molecule has 1 heterocycles. The van der Waals surface area contributed by atoms with Gasteiger partial charge >= 0.3 is 6.09 Å². The SMILES string of the molecule is CC(C)(C)OC(=O)NCC(N)c1ccc2nc[nH]c2c1. The smallest absolute Gasteiger partial charge is 0.407 e. The molecule has 1 atom stereocenters. The Balaban J connectivity index is 1.94. The summed E-state index contributed by atoms with van der Waals surface area (Å²) in [6.45, 7) is 5.77. The molecule has 0 aliphatic carbocycles. The highest BCUT2D eigenvalue weighted by molar-refractivity contribution is 5.75. The largest absolute Gasteiger partial charge is 0.444 e. The molecule has 1 unspecified atom stereocenters. The van der Waals surface area contributed by atoms with Gasteiger partial charge in [-0.25, -0.2) is 9.78 Å². The quantitative estimate of drug-likeness (QED) is 0.800. The van der Waals surface area contributed by atoms with Crippen LogP contribution >= 0.6 is 0 Å². The second kappa shape index (κ2) is 5.50. The predicted octanol–water partition coefficient (Wildman–Crippen LogP) is 2.09. The molecule has 0 aliphatic rings. The van der Waals surface area contributed by atoms with Gasteiger partial charge in [0.05, 0.1) is 17.4 Å². The van der Waals surface area contributed by atoms with E-state index in [9.17, 15) is 4.79 Å². The minimum Gasteiger partial charge on any atom is -0.444 e. The number of nitrogens with zero attached hydrogens (tertiary/aromatic N) is 1. The lowest BCUT2D eigenvalue weighted by Crippen LogP contribution is -2.36. The topological polar surface area (TPSA) is 93.0 Å². The molecule has 6 nitrogen and oxygen atoms in total. The van der Waals surface area contributed by atoms with Gasteiger partial charge in [-0.2, -0.15) is 0 Å². The van der Waals surface area contributed by atoms with Crippen molar-refractivity contribution in [2.75, 3.05) is 6.54 Å². The first kappa shape index (κ1) is 14.3. The van der Waals surface area contributed by atoms with Gasteiger partial charge in [0.1, 0.15) is 5.60 Å². The Bertz CT molecular complexity index is 600. The van der Waals surface area contributed by atoms with Crippen LogP contribution < -0.4 is 11.1 Å². The molecule has 0 fully saturated rings. The summed E-state index contributed by atoms with van der Waals surface area (Å²) in [5.41, 5.74) is 8.30. The summed E-state index contributed by atoms with van der Waals surface area (Å²) in [5, 5.41) is 2.67. The molecule has 0 aliphatic heterocycles. The Labute approximate surface area is 117 Å². The Kier molecular flexibility index (Phi) is 3.94. The number of rotatable bonds is 3. The van der Waals surface area contributed by atoms with Crippen molar-refractivity contribution < 1.29 is 9.53 Å². The van der Waals surface area contributed by atoms with Gasteiger partial charge in [0, 0.05) is 12.6 Å². The van der Waals surface area contributed by atoms with E-state index in [-0.39, 0.29) is 6.04 Å². The molecule has 6 heteroatoms. The number of hydrogen-bond acceptors (Lipinski definition) is 4. The Morgan fingerprint density at radius 2 is 2.25 bits per heavy atom. The molecule has 0 saturated heterocycles. The highest BCUT2D eigenvalue weighted by Crippen LogP contribution is 2.16. The average Bonchev–Trinajstić information content (AvgIpc) is 2.80. The van der Waals surface area contributed by atoms with Crippen molar-refractivity contribution in [3.63, 3.8) is 0 Å². The molecule has 20 heavy (non-hydrogen) atoms. The van der Waals surface area contributed by atoms with E-state index in [2.05, 4.69) is 15.3 Å². The number of alkyl carbamates (subject to hydrolysis) is 1. The maximum absolute atomic E-state index is 11.6. The number of imidazole rings is 1. The van der Waals surface area contributed by atoms with E-state index in [1.54, 1.807) is 6.33 Å². The van der Waals surface area contributed by atoms with Crippen molar-refractivity contribution in [1.29, 1.82) is 0 Å². The van der Waals surface area contributed by atoms with E-state index in [4.69, 9.17) is 10.5 Å². The molecule has 0 radical (unpaired) electrons. The van der Waals surface area contributed by atoms with Crippen LogP contribution in [0.15, 0.2) is 24.5 Å². The van der Waals surface area contributed by atoms with Gasteiger partial charge in [-0.3, -0.25) is 0 Å². The van der Waals surface area contributed by atoms with Crippen LogP contribution in [-0.2, 0) is 4.74 Å². The molecule has 1 amide bonds. The number of carbonyl (C=O) groups is 1. The fourth-order valence-corrected chi connectivity index (χ4v) is 1.81. The summed E-state index contributed by atoms with van der Waals surface area (Å²) in [4.78, 5) is 18.7. The first-order chi connectivity index (χ1) is 9.35. The van der Waals surface area contributed by atoms with Gasteiger partial charge < -0.3 is 20.8 Å². The molecule has 0 bridgehead atoms. The van der Waals surface area contributed by atoms with E-state index in [1.807, 2.05) is 39.0 Å². The highest BCUT2D eigenvalue weighted by atomic mass is 16.6.